The predicted octanol–water partition coefficient (Wildman–Crippen LogP) is 4.43. The van der Waals surface area contributed by atoms with Gasteiger partial charge < -0.3 is 20.1 Å². The minimum atomic E-state index is -0.532. The third kappa shape index (κ3) is 5.93. The first kappa shape index (κ1) is 23.0. The molecule has 0 radical (unpaired) electrons. The van der Waals surface area contributed by atoms with Crippen molar-refractivity contribution in [2.45, 2.75) is 32.7 Å². The molecule has 8 heteroatoms. The van der Waals surface area contributed by atoms with Crippen molar-refractivity contribution in [2.75, 3.05) is 13.2 Å². The number of carbonyl (C=O) groups excluding carboxylic acids is 2. The first-order valence-electron chi connectivity index (χ1n) is 9.75. The van der Waals surface area contributed by atoms with E-state index in [1.54, 1.807) is 42.5 Å². The zero-order valence-electron chi connectivity index (χ0n) is 17.6. The summed E-state index contributed by atoms with van der Waals surface area (Å²) >= 11 is 11.8. The predicted molar refractivity (Wildman–Crippen MR) is 121 cm³/mol. The van der Waals surface area contributed by atoms with E-state index in [2.05, 4.69) is 10.6 Å². The molecule has 6 nitrogen and oxygen atoms in total. The largest absolute Gasteiger partial charge is 0.484 e. The highest BCUT2D eigenvalue weighted by molar-refractivity contribution is 6.31. The molecule has 31 heavy (non-hydrogen) atoms. The Morgan fingerprint density at radius 2 is 1.58 bits per heavy atom. The Labute approximate surface area is 191 Å². The lowest BCUT2D eigenvalue weighted by atomic mass is 9.75. The van der Waals surface area contributed by atoms with Gasteiger partial charge in [-0.3, -0.25) is 9.59 Å². The SMILES string of the molecule is CC1=C(NC(=O)COc2ccc(Cl)cc2)CC1(C)NC(=O)COc1ccc(Cl)c(C)c1. The molecule has 1 atom stereocenters. The van der Waals surface area contributed by atoms with Gasteiger partial charge in [-0.2, -0.15) is 0 Å². The van der Waals surface area contributed by atoms with Crippen LogP contribution in [-0.2, 0) is 9.59 Å². The summed E-state index contributed by atoms with van der Waals surface area (Å²) in [6, 6.07) is 12.0. The average molecular weight is 463 g/mol. The van der Waals surface area contributed by atoms with Crippen LogP contribution in [0.1, 0.15) is 25.8 Å². The Hall–Kier alpha value is -2.70. The summed E-state index contributed by atoms with van der Waals surface area (Å²) in [7, 11) is 0. The van der Waals surface area contributed by atoms with Gasteiger partial charge >= 0.3 is 0 Å². The van der Waals surface area contributed by atoms with Crippen molar-refractivity contribution in [3.63, 3.8) is 0 Å². The minimum Gasteiger partial charge on any atom is -0.484 e. The number of aryl methyl sites for hydroxylation is 1. The fourth-order valence-corrected chi connectivity index (χ4v) is 3.45. The number of carbonyl (C=O) groups is 2. The smallest absolute Gasteiger partial charge is 0.262 e. The lowest BCUT2D eigenvalue weighted by molar-refractivity contribution is -0.124. The molecule has 2 aromatic carbocycles. The first-order valence-corrected chi connectivity index (χ1v) is 10.5. The highest BCUT2D eigenvalue weighted by Crippen LogP contribution is 2.36. The lowest BCUT2D eigenvalue weighted by Gasteiger charge is -2.42. The molecule has 0 spiro atoms. The molecule has 0 aliphatic heterocycles. The van der Waals surface area contributed by atoms with Crippen molar-refractivity contribution in [2.24, 2.45) is 0 Å². The number of nitrogens with one attached hydrogen (secondary N) is 2. The molecule has 0 saturated carbocycles. The van der Waals surface area contributed by atoms with Gasteiger partial charge in [0.25, 0.3) is 11.8 Å². The Balaban J connectivity index is 1.46. The summed E-state index contributed by atoms with van der Waals surface area (Å²) < 4.78 is 11.0. The molecule has 164 valence electrons. The summed E-state index contributed by atoms with van der Waals surface area (Å²) in [6.45, 7) is 5.43. The van der Waals surface area contributed by atoms with E-state index in [-0.39, 0.29) is 25.0 Å². The molecular weight excluding hydrogens is 439 g/mol. The van der Waals surface area contributed by atoms with Gasteiger partial charge in [0.05, 0.1) is 5.54 Å². The van der Waals surface area contributed by atoms with Gasteiger partial charge in [0.1, 0.15) is 11.5 Å². The molecule has 0 saturated heterocycles. The second-order valence-electron chi connectivity index (χ2n) is 7.65. The van der Waals surface area contributed by atoms with Crippen LogP contribution in [0.4, 0.5) is 0 Å². The van der Waals surface area contributed by atoms with Crippen LogP contribution < -0.4 is 20.1 Å². The Bertz CT molecular complexity index is 1020. The van der Waals surface area contributed by atoms with E-state index in [1.165, 1.54) is 0 Å². The quantitative estimate of drug-likeness (QED) is 0.608. The number of benzene rings is 2. The highest BCUT2D eigenvalue weighted by Gasteiger charge is 2.40. The molecule has 2 amide bonds. The van der Waals surface area contributed by atoms with E-state index in [9.17, 15) is 9.59 Å². The van der Waals surface area contributed by atoms with Crippen molar-refractivity contribution in [1.82, 2.24) is 10.6 Å². The van der Waals surface area contributed by atoms with Gasteiger partial charge in [-0.15, -0.1) is 0 Å². The third-order valence-corrected chi connectivity index (χ3v) is 5.88. The summed E-state index contributed by atoms with van der Waals surface area (Å²) in [5.74, 6) is 0.633. The molecule has 1 aliphatic carbocycles. The van der Waals surface area contributed by atoms with E-state index < -0.39 is 5.54 Å². The molecule has 2 aromatic rings. The minimum absolute atomic E-state index is 0.111. The molecule has 0 heterocycles. The molecule has 1 aliphatic rings. The van der Waals surface area contributed by atoms with Crippen molar-refractivity contribution in [3.8, 4) is 11.5 Å². The number of ether oxygens (including phenoxy) is 2. The van der Waals surface area contributed by atoms with E-state index in [1.807, 2.05) is 20.8 Å². The summed E-state index contributed by atoms with van der Waals surface area (Å²) in [4.78, 5) is 24.5. The van der Waals surface area contributed by atoms with Crippen LogP contribution in [0.2, 0.25) is 10.0 Å². The monoisotopic (exact) mass is 462 g/mol. The summed E-state index contributed by atoms with van der Waals surface area (Å²) in [5, 5.41) is 7.05. The van der Waals surface area contributed by atoms with Crippen LogP contribution in [0.15, 0.2) is 53.7 Å². The Kier molecular flexibility index (Phi) is 7.13. The Morgan fingerprint density at radius 1 is 0.968 bits per heavy atom. The highest BCUT2D eigenvalue weighted by atomic mass is 35.5. The fraction of sp³-hybridized carbons (Fsp3) is 0.304. The van der Waals surface area contributed by atoms with E-state index in [0.717, 1.165) is 16.8 Å². The van der Waals surface area contributed by atoms with Crippen LogP contribution in [0, 0.1) is 6.92 Å². The second kappa shape index (κ2) is 9.62. The van der Waals surface area contributed by atoms with Gasteiger partial charge in [0, 0.05) is 22.2 Å². The molecule has 1 unspecified atom stereocenters. The lowest BCUT2D eigenvalue weighted by Crippen LogP contribution is -2.56. The fourth-order valence-electron chi connectivity index (χ4n) is 3.20. The number of halogens is 2. The van der Waals surface area contributed by atoms with Crippen LogP contribution >= 0.6 is 23.2 Å². The maximum Gasteiger partial charge on any atom is 0.262 e. The van der Waals surface area contributed by atoms with Crippen LogP contribution in [-0.4, -0.2) is 30.6 Å². The van der Waals surface area contributed by atoms with Gasteiger partial charge in [-0.25, -0.2) is 0 Å². The molecule has 0 aromatic heterocycles. The van der Waals surface area contributed by atoms with Gasteiger partial charge in [-0.1, -0.05) is 23.2 Å². The molecule has 0 fully saturated rings. The summed E-state index contributed by atoms with van der Waals surface area (Å²) in [6.07, 6.45) is 0.511. The standard InChI is InChI=1S/C23H24Cl2N2O4/c1-14-10-18(8-9-19(14)25)31-13-22(29)27-23(3)11-20(15(23)2)26-21(28)12-30-17-6-4-16(24)5-7-17/h4-10H,11-13H2,1-3H3,(H,26,28)(H,27,29). The van der Waals surface area contributed by atoms with Crippen molar-refractivity contribution in [3.05, 3.63) is 69.3 Å². The van der Waals surface area contributed by atoms with Crippen molar-refractivity contribution >= 4 is 35.0 Å². The van der Waals surface area contributed by atoms with Gasteiger partial charge in [0.15, 0.2) is 13.2 Å². The third-order valence-electron chi connectivity index (χ3n) is 5.20. The van der Waals surface area contributed by atoms with Crippen LogP contribution in [0.5, 0.6) is 11.5 Å². The topological polar surface area (TPSA) is 76.7 Å². The zero-order valence-corrected chi connectivity index (χ0v) is 19.1. The maximum atomic E-state index is 12.3. The van der Waals surface area contributed by atoms with Gasteiger partial charge in [-0.05, 0) is 74.4 Å². The summed E-state index contributed by atoms with van der Waals surface area (Å²) in [5.41, 5.74) is 2.02. The van der Waals surface area contributed by atoms with E-state index >= 15 is 0 Å². The first-order chi connectivity index (χ1) is 14.7. The maximum absolute atomic E-state index is 12.3. The van der Waals surface area contributed by atoms with Gasteiger partial charge in [0.2, 0.25) is 0 Å². The Morgan fingerprint density at radius 3 is 2.23 bits per heavy atom. The number of hydrogen-bond donors (Lipinski definition) is 2. The van der Waals surface area contributed by atoms with Crippen LogP contribution in [0.25, 0.3) is 0 Å². The molecule has 0 bridgehead atoms. The van der Waals surface area contributed by atoms with Crippen LogP contribution in [0.3, 0.4) is 0 Å². The van der Waals surface area contributed by atoms with Crippen molar-refractivity contribution in [1.29, 1.82) is 0 Å². The zero-order chi connectivity index (χ0) is 22.6. The molecular formula is C23H24Cl2N2O4. The normalized spacial score (nSPS) is 17.6. The number of rotatable bonds is 8. The number of hydrogen-bond acceptors (Lipinski definition) is 4. The van der Waals surface area contributed by atoms with E-state index in [0.29, 0.717) is 28.0 Å². The number of amides is 2. The second-order valence-corrected chi connectivity index (χ2v) is 8.49. The average Bonchev–Trinajstić information content (AvgIpc) is 2.73. The molecule has 2 N–H and O–H groups in total. The van der Waals surface area contributed by atoms with Crippen molar-refractivity contribution < 1.29 is 19.1 Å². The molecule has 3 rings (SSSR count). The van der Waals surface area contributed by atoms with E-state index in [4.69, 9.17) is 32.7 Å².